The first-order chi connectivity index (χ1) is 9.84. The standard InChI is InChI=1S/C16H29N5.HI/c1-12-14(13(2)20(6)19-12)7-9-18-15(17-5)21-10-8-16(3,4)11-21;/h7-11H2,1-6H3,(H,17,18);1H. The van der Waals surface area contributed by atoms with Gasteiger partial charge in [-0.3, -0.25) is 9.67 Å². The van der Waals surface area contributed by atoms with Gasteiger partial charge >= 0.3 is 0 Å². The third-order valence-corrected chi connectivity index (χ3v) is 4.51. The van der Waals surface area contributed by atoms with Crippen LogP contribution >= 0.6 is 24.0 Å². The SMILES string of the molecule is CN=C(NCCc1c(C)nn(C)c1C)N1CCC(C)(C)C1.I. The van der Waals surface area contributed by atoms with Crippen LogP contribution in [0.5, 0.6) is 0 Å². The zero-order chi connectivity index (χ0) is 15.6. The number of nitrogens with zero attached hydrogens (tertiary/aromatic N) is 4. The molecule has 0 spiro atoms. The molecule has 1 aliphatic heterocycles. The van der Waals surface area contributed by atoms with Gasteiger partial charge < -0.3 is 10.2 Å². The summed E-state index contributed by atoms with van der Waals surface area (Å²) in [5.41, 5.74) is 4.14. The molecule has 0 bridgehead atoms. The monoisotopic (exact) mass is 419 g/mol. The summed E-state index contributed by atoms with van der Waals surface area (Å²) in [6, 6.07) is 0. The molecule has 0 radical (unpaired) electrons. The molecule has 126 valence electrons. The number of aromatic nitrogens is 2. The normalized spacial score (nSPS) is 17.5. The van der Waals surface area contributed by atoms with Crippen molar-refractivity contribution in [2.75, 3.05) is 26.7 Å². The molecule has 22 heavy (non-hydrogen) atoms. The topological polar surface area (TPSA) is 45.5 Å². The predicted molar refractivity (Wildman–Crippen MR) is 103 cm³/mol. The second-order valence-corrected chi connectivity index (χ2v) is 6.83. The van der Waals surface area contributed by atoms with Crippen LogP contribution in [0.15, 0.2) is 4.99 Å². The van der Waals surface area contributed by atoms with E-state index >= 15 is 0 Å². The maximum absolute atomic E-state index is 4.47. The van der Waals surface area contributed by atoms with Crippen molar-refractivity contribution in [2.24, 2.45) is 17.5 Å². The molecule has 1 N–H and O–H groups in total. The molecule has 2 heterocycles. The zero-order valence-corrected chi connectivity index (χ0v) is 17.1. The lowest BCUT2D eigenvalue weighted by molar-refractivity contribution is 0.370. The van der Waals surface area contributed by atoms with Crippen molar-refractivity contribution in [3.05, 3.63) is 17.0 Å². The fourth-order valence-corrected chi connectivity index (χ4v) is 3.10. The molecule has 0 aliphatic carbocycles. The summed E-state index contributed by atoms with van der Waals surface area (Å²) in [7, 11) is 3.87. The van der Waals surface area contributed by atoms with Gasteiger partial charge in [0.25, 0.3) is 0 Å². The Morgan fingerprint density at radius 1 is 1.36 bits per heavy atom. The Morgan fingerprint density at radius 2 is 2.05 bits per heavy atom. The molecule has 1 fully saturated rings. The Kier molecular flexibility index (Phi) is 6.70. The van der Waals surface area contributed by atoms with Crippen LogP contribution in [0.2, 0.25) is 0 Å². The van der Waals surface area contributed by atoms with Crippen LogP contribution in [-0.4, -0.2) is 47.3 Å². The van der Waals surface area contributed by atoms with E-state index in [9.17, 15) is 0 Å². The first-order valence-electron chi connectivity index (χ1n) is 7.79. The zero-order valence-electron chi connectivity index (χ0n) is 14.7. The fraction of sp³-hybridized carbons (Fsp3) is 0.750. The Labute approximate surface area is 151 Å². The van der Waals surface area contributed by atoms with Gasteiger partial charge in [0.2, 0.25) is 0 Å². The Balaban J connectivity index is 0.00000242. The number of aliphatic imine (C=N–C) groups is 1. The smallest absolute Gasteiger partial charge is 0.193 e. The highest BCUT2D eigenvalue weighted by molar-refractivity contribution is 14.0. The van der Waals surface area contributed by atoms with Crippen molar-refractivity contribution in [1.29, 1.82) is 0 Å². The number of likely N-dealkylation sites (tertiary alicyclic amines) is 1. The van der Waals surface area contributed by atoms with Gasteiger partial charge in [-0.15, -0.1) is 24.0 Å². The molecular weight excluding hydrogens is 389 g/mol. The van der Waals surface area contributed by atoms with Crippen molar-refractivity contribution in [2.45, 2.75) is 40.5 Å². The van der Waals surface area contributed by atoms with E-state index in [0.29, 0.717) is 5.41 Å². The van der Waals surface area contributed by atoms with Crippen LogP contribution in [0, 0.1) is 19.3 Å². The van der Waals surface area contributed by atoms with Crippen LogP contribution in [0.1, 0.15) is 37.2 Å². The van der Waals surface area contributed by atoms with E-state index < -0.39 is 0 Å². The minimum absolute atomic E-state index is 0. The van der Waals surface area contributed by atoms with E-state index in [1.807, 2.05) is 18.8 Å². The van der Waals surface area contributed by atoms with Gasteiger partial charge in [0.05, 0.1) is 5.69 Å². The van der Waals surface area contributed by atoms with Crippen LogP contribution in [0.4, 0.5) is 0 Å². The first kappa shape index (κ1) is 19.3. The average molecular weight is 419 g/mol. The van der Waals surface area contributed by atoms with E-state index in [4.69, 9.17) is 0 Å². The van der Waals surface area contributed by atoms with Crippen LogP contribution in [0.25, 0.3) is 0 Å². The summed E-state index contributed by atoms with van der Waals surface area (Å²) in [5, 5.41) is 7.97. The van der Waals surface area contributed by atoms with Gasteiger partial charge in [0.1, 0.15) is 0 Å². The Bertz CT molecular complexity index is 533. The van der Waals surface area contributed by atoms with Crippen molar-refractivity contribution < 1.29 is 0 Å². The molecule has 6 heteroatoms. The van der Waals surface area contributed by atoms with Gasteiger partial charge in [0, 0.05) is 39.4 Å². The average Bonchev–Trinajstić information content (AvgIpc) is 2.88. The fourth-order valence-electron chi connectivity index (χ4n) is 3.10. The number of aryl methyl sites for hydroxylation is 2. The molecule has 0 saturated carbocycles. The predicted octanol–water partition coefficient (Wildman–Crippen LogP) is 2.50. The molecule has 1 saturated heterocycles. The van der Waals surface area contributed by atoms with Crippen molar-refractivity contribution in [1.82, 2.24) is 20.0 Å². The van der Waals surface area contributed by atoms with E-state index in [-0.39, 0.29) is 24.0 Å². The molecule has 5 nitrogen and oxygen atoms in total. The summed E-state index contributed by atoms with van der Waals surface area (Å²) in [6.07, 6.45) is 2.22. The highest BCUT2D eigenvalue weighted by Crippen LogP contribution is 2.28. The Morgan fingerprint density at radius 3 is 2.50 bits per heavy atom. The van der Waals surface area contributed by atoms with Crippen molar-refractivity contribution in [3.8, 4) is 0 Å². The molecular formula is C16H30IN5. The summed E-state index contributed by atoms with van der Waals surface area (Å²) in [5.74, 6) is 1.03. The summed E-state index contributed by atoms with van der Waals surface area (Å²) in [4.78, 5) is 6.79. The maximum Gasteiger partial charge on any atom is 0.193 e. The van der Waals surface area contributed by atoms with Gasteiger partial charge in [-0.05, 0) is 37.7 Å². The molecule has 2 rings (SSSR count). The third-order valence-electron chi connectivity index (χ3n) is 4.51. The van der Waals surface area contributed by atoms with Gasteiger partial charge in [-0.2, -0.15) is 5.10 Å². The van der Waals surface area contributed by atoms with Crippen molar-refractivity contribution >= 4 is 29.9 Å². The van der Waals surface area contributed by atoms with E-state index in [1.165, 1.54) is 17.7 Å². The third kappa shape index (κ3) is 4.36. The summed E-state index contributed by atoms with van der Waals surface area (Å²) in [6.45, 7) is 11.9. The molecule has 0 unspecified atom stereocenters. The summed E-state index contributed by atoms with van der Waals surface area (Å²) < 4.78 is 1.96. The van der Waals surface area contributed by atoms with Gasteiger partial charge in [-0.25, -0.2) is 0 Å². The molecule has 0 amide bonds. The largest absolute Gasteiger partial charge is 0.356 e. The van der Waals surface area contributed by atoms with Crippen molar-refractivity contribution in [3.63, 3.8) is 0 Å². The second kappa shape index (κ2) is 7.66. The number of nitrogens with one attached hydrogen (secondary N) is 1. The highest BCUT2D eigenvalue weighted by atomic mass is 127. The lowest BCUT2D eigenvalue weighted by Gasteiger charge is -2.23. The number of rotatable bonds is 3. The van der Waals surface area contributed by atoms with Gasteiger partial charge in [-0.1, -0.05) is 13.8 Å². The number of hydrogen-bond acceptors (Lipinski definition) is 2. The molecule has 0 atom stereocenters. The molecule has 1 aliphatic rings. The molecule has 1 aromatic heterocycles. The highest BCUT2D eigenvalue weighted by Gasteiger charge is 2.30. The maximum atomic E-state index is 4.47. The van der Waals surface area contributed by atoms with Gasteiger partial charge in [0.15, 0.2) is 5.96 Å². The molecule has 1 aromatic rings. The van der Waals surface area contributed by atoms with Crippen LogP contribution < -0.4 is 5.32 Å². The summed E-state index contributed by atoms with van der Waals surface area (Å²) >= 11 is 0. The lowest BCUT2D eigenvalue weighted by Crippen LogP contribution is -2.41. The number of guanidine groups is 1. The van der Waals surface area contributed by atoms with Crippen LogP contribution in [0.3, 0.4) is 0 Å². The minimum Gasteiger partial charge on any atom is -0.356 e. The Hall–Kier alpha value is -0.790. The van der Waals surface area contributed by atoms with E-state index in [2.05, 4.69) is 48.0 Å². The van der Waals surface area contributed by atoms with E-state index in [1.54, 1.807) is 0 Å². The quantitative estimate of drug-likeness (QED) is 0.465. The minimum atomic E-state index is 0. The number of halogens is 1. The lowest BCUT2D eigenvalue weighted by atomic mass is 9.93. The second-order valence-electron chi connectivity index (χ2n) is 6.83. The molecule has 0 aromatic carbocycles. The number of hydrogen-bond donors (Lipinski definition) is 1. The van der Waals surface area contributed by atoms with Crippen LogP contribution in [-0.2, 0) is 13.5 Å². The first-order valence-corrected chi connectivity index (χ1v) is 7.79. The van der Waals surface area contributed by atoms with E-state index in [0.717, 1.165) is 37.7 Å².